The normalized spacial score (nSPS) is 9.44. The van der Waals surface area contributed by atoms with Crippen LogP contribution in [0.25, 0.3) is 10.9 Å². The molecule has 3 N–H and O–H groups in total. The number of hydrazine groups is 1. The van der Waals surface area contributed by atoms with E-state index in [2.05, 4.69) is 4.98 Å². The first-order valence-corrected chi connectivity index (χ1v) is 5.36. The fourth-order valence-corrected chi connectivity index (χ4v) is 1.73. The van der Waals surface area contributed by atoms with E-state index in [1.807, 2.05) is 25.1 Å². The predicted octanol–water partition coefficient (Wildman–Crippen LogP) is 2.46. The van der Waals surface area contributed by atoms with Crippen molar-refractivity contribution in [1.82, 2.24) is 4.98 Å². The number of nitrogens with zero attached hydrogens (tertiary/aromatic N) is 1. The smallest absolute Gasteiger partial charge is 0.213 e. The number of H-pyrrole nitrogens is 1. The molecule has 0 saturated heterocycles. The van der Waals surface area contributed by atoms with E-state index in [-0.39, 0.29) is 30.2 Å². The molecule has 0 unspecified atom stereocenters. The highest BCUT2D eigenvalue weighted by Crippen LogP contribution is 2.11. The highest BCUT2D eigenvalue weighted by atomic mass is 35.5. The van der Waals surface area contributed by atoms with Crippen molar-refractivity contribution in [2.75, 3.05) is 11.6 Å². The van der Waals surface area contributed by atoms with E-state index >= 15 is 0 Å². The number of hydrogen-bond acceptors (Lipinski definition) is 3. The van der Waals surface area contributed by atoms with Crippen molar-refractivity contribution in [1.29, 1.82) is 0 Å². The Morgan fingerprint density at radius 1 is 1.28 bits per heavy atom. The number of anilines is 1. The molecule has 2 rings (SSSR count). The molecule has 6 heteroatoms. The first-order valence-electron chi connectivity index (χ1n) is 5.36. The van der Waals surface area contributed by atoms with Crippen LogP contribution in [0.2, 0.25) is 0 Å². The van der Waals surface area contributed by atoms with Gasteiger partial charge in [0, 0.05) is 23.6 Å². The second-order valence-electron chi connectivity index (χ2n) is 3.74. The first kappa shape index (κ1) is 16.8. The number of nitrogens with one attached hydrogen (secondary N) is 1. The molecule has 0 bridgehead atoms. The molecule has 18 heavy (non-hydrogen) atoms. The van der Waals surface area contributed by atoms with Crippen LogP contribution in [0.1, 0.15) is 13.3 Å². The summed E-state index contributed by atoms with van der Waals surface area (Å²) < 4.78 is 0. The lowest BCUT2D eigenvalue weighted by atomic mass is 10.2. The second kappa shape index (κ2) is 7.26. The zero-order chi connectivity index (χ0) is 11.5. The Hall–Kier alpha value is -1.23. The van der Waals surface area contributed by atoms with Gasteiger partial charge in [0.15, 0.2) is 0 Å². The van der Waals surface area contributed by atoms with Crippen LogP contribution in [0, 0.1) is 0 Å². The van der Waals surface area contributed by atoms with Crippen molar-refractivity contribution >= 4 is 41.4 Å². The molecule has 0 aliphatic heterocycles. The van der Waals surface area contributed by atoms with Crippen molar-refractivity contribution < 1.29 is 0 Å². The SMILES string of the molecule is CCCN(N)c1c[nH]c2ccccc2c1=O.Cl.Cl. The molecule has 1 heterocycles. The Labute approximate surface area is 118 Å². The van der Waals surface area contributed by atoms with Crippen molar-refractivity contribution in [3.05, 3.63) is 40.7 Å². The van der Waals surface area contributed by atoms with Crippen LogP contribution in [-0.4, -0.2) is 11.5 Å². The van der Waals surface area contributed by atoms with Crippen LogP contribution < -0.4 is 16.3 Å². The molecule has 1 aromatic heterocycles. The van der Waals surface area contributed by atoms with Gasteiger partial charge in [-0.25, -0.2) is 5.84 Å². The Balaban J connectivity index is 0.00000144. The molecule has 100 valence electrons. The topological polar surface area (TPSA) is 62.1 Å². The van der Waals surface area contributed by atoms with Gasteiger partial charge in [0.1, 0.15) is 5.69 Å². The summed E-state index contributed by atoms with van der Waals surface area (Å²) in [5, 5.41) is 2.16. The zero-order valence-corrected chi connectivity index (χ0v) is 11.7. The van der Waals surface area contributed by atoms with E-state index in [0.717, 1.165) is 11.9 Å². The Kier molecular flexibility index (Phi) is 6.76. The van der Waals surface area contributed by atoms with Crippen LogP contribution in [0.3, 0.4) is 0 Å². The molecule has 4 nitrogen and oxygen atoms in total. The highest BCUT2D eigenvalue weighted by molar-refractivity contribution is 5.85. The van der Waals surface area contributed by atoms with E-state index in [4.69, 9.17) is 5.84 Å². The van der Waals surface area contributed by atoms with Gasteiger partial charge in [-0.2, -0.15) is 0 Å². The van der Waals surface area contributed by atoms with E-state index in [1.165, 1.54) is 5.01 Å². The second-order valence-corrected chi connectivity index (χ2v) is 3.74. The lowest BCUT2D eigenvalue weighted by Gasteiger charge is -2.16. The van der Waals surface area contributed by atoms with Gasteiger partial charge in [-0.15, -0.1) is 24.8 Å². The van der Waals surface area contributed by atoms with Crippen LogP contribution in [0.15, 0.2) is 35.3 Å². The molecule has 0 amide bonds. The van der Waals surface area contributed by atoms with Gasteiger partial charge >= 0.3 is 0 Å². The maximum Gasteiger partial charge on any atom is 0.213 e. The van der Waals surface area contributed by atoms with Crippen LogP contribution in [0.5, 0.6) is 0 Å². The third-order valence-corrected chi connectivity index (χ3v) is 2.54. The van der Waals surface area contributed by atoms with Crippen LogP contribution in [-0.2, 0) is 0 Å². The Morgan fingerprint density at radius 2 is 1.94 bits per heavy atom. The number of pyridine rings is 1. The third kappa shape index (κ3) is 3.16. The first-order chi connectivity index (χ1) is 7.74. The molecule has 0 saturated carbocycles. The van der Waals surface area contributed by atoms with Gasteiger partial charge < -0.3 is 9.99 Å². The van der Waals surface area contributed by atoms with E-state index in [0.29, 0.717) is 17.6 Å². The maximum atomic E-state index is 12.1. The van der Waals surface area contributed by atoms with Gasteiger partial charge in [-0.05, 0) is 18.6 Å². The molecule has 0 aliphatic carbocycles. The number of halogens is 2. The average molecular weight is 290 g/mol. The number of hydrogen-bond donors (Lipinski definition) is 2. The molecule has 2 aromatic rings. The largest absolute Gasteiger partial charge is 0.359 e. The minimum atomic E-state index is -0.0229. The number of para-hydroxylation sites is 1. The number of fused-ring (bicyclic) bond motifs is 1. The van der Waals surface area contributed by atoms with Gasteiger partial charge in [0.2, 0.25) is 5.43 Å². The van der Waals surface area contributed by atoms with Crippen molar-refractivity contribution in [2.24, 2.45) is 5.84 Å². The van der Waals surface area contributed by atoms with E-state index < -0.39 is 0 Å². The monoisotopic (exact) mass is 289 g/mol. The molecule has 0 atom stereocenters. The maximum absolute atomic E-state index is 12.1. The summed E-state index contributed by atoms with van der Waals surface area (Å²) >= 11 is 0. The predicted molar refractivity (Wildman–Crippen MR) is 80.9 cm³/mol. The minimum Gasteiger partial charge on any atom is -0.359 e. The van der Waals surface area contributed by atoms with Crippen LogP contribution in [0.4, 0.5) is 5.69 Å². The van der Waals surface area contributed by atoms with Crippen molar-refractivity contribution in [3.8, 4) is 0 Å². The molecule has 0 radical (unpaired) electrons. The van der Waals surface area contributed by atoms with Gasteiger partial charge in [-0.1, -0.05) is 19.1 Å². The zero-order valence-electron chi connectivity index (χ0n) is 10.1. The van der Waals surface area contributed by atoms with Gasteiger partial charge in [-0.3, -0.25) is 4.79 Å². The average Bonchev–Trinajstić information content (AvgIpc) is 2.30. The fourth-order valence-electron chi connectivity index (χ4n) is 1.73. The standard InChI is InChI=1S/C12H15N3O.2ClH/c1-2-7-15(13)11-8-14-10-6-4-3-5-9(10)12(11)16;;/h3-6,8H,2,7,13H2,1H3,(H,14,16);2*1H. The summed E-state index contributed by atoms with van der Waals surface area (Å²) in [5.41, 5.74) is 1.33. The lowest BCUT2D eigenvalue weighted by Crippen LogP contribution is -2.35. The van der Waals surface area contributed by atoms with Crippen molar-refractivity contribution in [3.63, 3.8) is 0 Å². The highest BCUT2D eigenvalue weighted by Gasteiger charge is 2.08. The number of rotatable bonds is 3. The Bertz CT molecular complexity index is 556. The summed E-state index contributed by atoms with van der Waals surface area (Å²) in [5.74, 6) is 5.81. The third-order valence-electron chi connectivity index (χ3n) is 2.54. The summed E-state index contributed by atoms with van der Waals surface area (Å²) in [6.07, 6.45) is 2.57. The molecular weight excluding hydrogens is 273 g/mol. The van der Waals surface area contributed by atoms with E-state index in [9.17, 15) is 4.79 Å². The van der Waals surface area contributed by atoms with Gasteiger partial charge in [0.05, 0.1) is 0 Å². The number of aromatic amines is 1. The summed E-state index contributed by atoms with van der Waals surface area (Å²) in [6, 6.07) is 7.42. The molecular formula is C12H17Cl2N3O. The molecule has 0 aliphatic rings. The quantitative estimate of drug-likeness (QED) is 0.674. The lowest BCUT2D eigenvalue weighted by molar-refractivity contribution is 0.801. The van der Waals surface area contributed by atoms with E-state index in [1.54, 1.807) is 12.3 Å². The molecule has 1 aromatic carbocycles. The van der Waals surface area contributed by atoms with Crippen molar-refractivity contribution in [2.45, 2.75) is 13.3 Å². The molecule has 0 spiro atoms. The number of benzene rings is 1. The molecule has 0 fully saturated rings. The number of nitrogens with two attached hydrogens (primary N) is 1. The minimum absolute atomic E-state index is 0. The summed E-state index contributed by atoms with van der Waals surface area (Å²) in [7, 11) is 0. The van der Waals surface area contributed by atoms with Gasteiger partial charge in [0.25, 0.3) is 0 Å². The summed E-state index contributed by atoms with van der Waals surface area (Å²) in [4.78, 5) is 15.2. The Morgan fingerprint density at radius 3 is 2.61 bits per heavy atom. The number of aromatic nitrogens is 1. The fraction of sp³-hybridized carbons (Fsp3) is 0.250. The van der Waals surface area contributed by atoms with Crippen LogP contribution >= 0.6 is 24.8 Å². The summed E-state index contributed by atoms with van der Waals surface area (Å²) in [6.45, 7) is 2.69.